The van der Waals surface area contributed by atoms with Gasteiger partial charge in [-0.05, 0) is 19.1 Å². The smallest absolute Gasteiger partial charge is 0.293 e. The lowest BCUT2D eigenvalue weighted by Gasteiger charge is -2.10. The van der Waals surface area contributed by atoms with Crippen molar-refractivity contribution in [2.75, 3.05) is 6.61 Å². The molecule has 0 aromatic heterocycles. The van der Waals surface area contributed by atoms with Crippen LogP contribution in [0.4, 0.5) is 0 Å². The fraction of sp³-hybridized carbons (Fsp3) is 0.300. The van der Waals surface area contributed by atoms with Crippen LogP contribution in [0.1, 0.15) is 6.92 Å². The highest BCUT2D eigenvalue weighted by Crippen LogP contribution is 2.08. The van der Waals surface area contributed by atoms with Gasteiger partial charge in [0, 0.05) is 0 Å². The second kappa shape index (κ2) is 5.19. The van der Waals surface area contributed by atoms with Crippen molar-refractivity contribution in [1.82, 2.24) is 0 Å². The largest absolute Gasteiger partial charge is 0.490 e. The van der Waals surface area contributed by atoms with Crippen molar-refractivity contribution in [3.8, 4) is 5.75 Å². The van der Waals surface area contributed by atoms with Crippen LogP contribution in [-0.2, 0) is 9.53 Å². The van der Waals surface area contributed by atoms with Crippen LogP contribution in [0.2, 0.25) is 0 Å². The van der Waals surface area contributed by atoms with E-state index < -0.39 is 0 Å². The zero-order valence-electron chi connectivity index (χ0n) is 7.47. The van der Waals surface area contributed by atoms with Gasteiger partial charge in [0.15, 0.2) is 0 Å². The second-order valence-electron chi connectivity index (χ2n) is 2.67. The Morgan fingerprint density at radius 1 is 1.38 bits per heavy atom. The van der Waals surface area contributed by atoms with Crippen LogP contribution in [0, 0.1) is 0 Å². The maximum atomic E-state index is 9.95. The Morgan fingerprint density at radius 2 is 2.08 bits per heavy atom. The molecule has 0 aliphatic rings. The van der Waals surface area contributed by atoms with E-state index in [-0.39, 0.29) is 6.10 Å². The Labute approximate surface area is 77.3 Å². The molecule has 0 N–H and O–H groups in total. The molecule has 1 rings (SSSR count). The van der Waals surface area contributed by atoms with Crippen molar-refractivity contribution in [3.63, 3.8) is 0 Å². The van der Waals surface area contributed by atoms with Crippen LogP contribution >= 0.6 is 0 Å². The molecule has 0 aliphatic heterocycles. The van der Waals surface area contributed by atoms with Gasteiger partial charge in [0.25, 0.3) is 6.47 Å². The maximum Gasteiger partial charge on any atom is 0.293 e. The summed E-state index contributed by atoms with van der Waals surface area (Å²) in [5.41, 5.74) is 0. The number of rotatable bonds is 5. The van der Waals surface area contributed by atoms with Crippen molar-refractivity contribution in [3.05, 3.63) is 30.3 Å². The zero-order valence-corrected chi connectivity index (χ0v) is 7.47. The molecule has 0 fully saturated rings. The lowest BCUT2D eigenvalue weighted by Crippen LogP contribution is -2.17. The number of carbonyl (C=O) groups is 1. The van der Waals surface area contributed by atoms with E-state index in [0.29, 0.717) is 13.1 Å². The summed E-state index contributed by atoms with van der Waals surface area (Å²) in [5, 5.41) is 0. The summed E-state index contributed by atoms with van der Waals surface area (Å²) < 4.78 is 9.99. The first-order chi connectivity index (χ1) is 6.33. The third-order valence-electron chi connectivity index (χ3n) is 1.52. The second-order valence-corrected chi connectivity index (χ2v) is 2.67. The highest BCUT2D eigenvalue weighted by Gasteiger charge is 2.01. The minimum atomic E-state index is -0.210. The molecule has 3 nitrogen and oxygen atoms in total. The fourth-order valence-corrected chi connectivity index (χ4v) is 0.864. The van der Waals surface area contributed by atoms with E-state index in [1.54, 1.807) is 6.92 Å². The Hall–Kier alpha value is -1.51. The van der Waals surface area contributed by atoms with Gasteiger partial charge >= 0.3 is 0 Å². The minimum Gasteiger partial charge on any atom is -0.490 e. The molecule has 1 aromatic carbocycles. The molecule has 0 aliphatic carbocycles. The molecule has 13 heavy (non-hydrogen) atoms. The maximum absolute atomic E-state index is 9.95. The van der Waals surface area contributed by atoms with Crippen LogP contribution < -0.4 is 4.74 Å². The molecule has 0 amide bonds. The normalized spacial score (nSPS) is 11.8. The first-order valence-corrected chi connectivity index (χ1v) is 4.10. The predicted molar refractivity (Wildman–Crippen MR) is 48.5 cm³/mol. The third-order valence-corrected chi connectivity index (χ3v) is 1.52. The monoisotopic (exact) mass is 180 g/mol. The van der Waals surface area contributed by atoms with Gasteiger partial charge in [0.2, 0.25) is 0 Å². The highest BCUT2D eigenvalue weighted by atomic mass is 16.6. The number of benzene rings is 1. The van der Waals surface area contributed by atoms with Gasteiger partial charge in [-0.1, -0.05) is 18.2 Å². The van der Waals surface area contributed by atoms with Gasteiger partial charge in [-0.25, -0.2) is 0 Å². The van der Waals surface area contributed by atoms with Gasteiger partial charge in [0.1, 0.15) is 18.5 Å². The van der Waals surface area contributed by atoms with Crippen molar-refractivity contribution in [1.29, 1.82) is 0 Å². The van der Waals surface area contributed by atoms with Gasteiger partial charge in [-0.2, -0.15) is 0 Å². The molecule has 3 heteroatoms. The molecule has 1 unspecified atom stereocenters. The Bertz CT molecular complexity index is 246. The summed E-state index contributed by atoms with van der Waals surface area (Å²) in [6, 6.07) is 9.40. The Morgan fingerprint density at radius 3 is 2.69 bits per heavy atom. The average Bonchev–Trinajstić information content (AvgIpc) is 2.17. The average molecular weight is 180 g/mol. The zero-order chi connectivity index (χ0) is 9.52. The standard InChI is InChI=1S/C10H12O3/c1-9(13-8-11)7-12-10-5-3-2-4-6-10/h2-6,8-9H,7H2,1H3. The number of ether oxygens (including phenoxy) is 2. The quantitative estimate of drug-likeness (QED) is 0.646. The van der Waals surface area contributed by atoms with E-state index in [2.05, 4.69) is 4.74 Å². The van der Waals surface area contributed by atoms with E-state index >= 15 is 0 Å². The highest BCUT2D eigenvalue weighted by molar-refractivity contribution is 5.37. The van der Waals surface area contributed by atoms with E-state index in [9.17, 15) is 4.79 Å². The first kappa shape index (κ1) is 9.58. The first-order valence-electron chi connectivity index (χ1n) is 4.10. The molecule has 0 heterocycles. The van der Waals surface area contributed by atoms with Crippen LogP contribution in [0.25, 0.3) is 0 Å². The van der Waals surface area contributed by atoms with E-state index in [0.717, 1.165) is 5.75 Å². The molecular formula is C10H12O3. The van der Waals surface area contributed by atoms with Gasteiger partial charge < -0.3 is 9.47 Å². The molecule has 0 radical (unpaired) electrons. The molecule has 1 aromatic rings. The van der Waals surface area contributed by atoms with Crippen molar-refractivity contribution in [2.24, 2.45) is 0 Å². The van der Waals surface area contributed by atoms with E-state index in [1.807, 2.05) is 30.3 Å². The Balaban J connectivity index is 2.30. The van der Waals surface area contributed by atoms with E-state index in [4.69, 9.17) is 4.74 Å². The number of hydrogen-bond acceptors (Lipinski definition) is 3. The van der Waals surface area contributed by atoms with Gasteiger partial charge in [-0.3, -0.25) is 4.79 Å². The molecule has 0 saturated carbocycles. The van der Waals surface area contributed by atoms with Crippen molar-refractivity contribution >= 4 is 6.47 Å². The fourth-order valence-electron chi connectivity index (χ4n) is 0.864. The summed E-state index contributed by atoms with van der Waals surface area (Å²) in [4.78, 5) is 9.95. The van der Waals surface area contributed by atoms with E-state index in [1.165, 1.54) is 0 Å². The third kappa shape index (κ3) is 3.60. The van der Waals surface area contributed by atoms with Crippen molar-refractivity contribution < 1.29 is 14.3 Å². The Kier molecular flexibility index (Phi) is 3.82. The minimum absolute atomic E-state index is 0.210. The predicted octanol–water partition coefficient (Wildman–Crippen LogP) is 1.63. The molecule has 1 atom stereocenters. The number of hydrogen-bond donors (Lipinski definition) is 0. The number of para-hydroxylation sites is 1. The lowest BCUT2D eigenvalue weighted by atomic mass is 10.3. The van der Waals surface area contributed by atoms with Crippen molar-refractivity contribution in [2.45, 2.75) is 13.0 Å². The summed E-state index contributed by atoms with van der Waals surface area (Å²) in [6.07, 6.45) is -0.210. The molecule has 70 valence electrons. The summed E-state index contributed by atoms with van der Waals surface area (Å²) >= 11 is 0. The topological polar surface area (TPSA) is 35.5 Å². The molecule has 0 bridgehead atoms. The van der Waals surface area contributed by atoms with Gasteiger partial charge in [-0.15, -0.1) is 0 Å². The molecule has 0 spiro atoms. The molecule has 0 saturated heterocycles. The van der Waals surface area contributed by atoms with Crippen LogP contribution in [0.5, 0.6) is 5.75 Å². The SMILES string of the molecule is CC(COc1ccccc1)OC=O. The van der Waals surface area contributed by atoms with Crippen LogP contribution in [0.15, 0.2) is 30.3 Å². The number of carbonyl (C=O) groups excluding carboxylic acids is 1. The molecular weight excluding hydrogens is 168 g/mol. The summed E-state index contributed by atoms with van der Waals surface area (Å²) in [6.45, 7) is 2.58. The summed E-state index contributed by atoms with van der Waals surface area (Å²) in [5.74, 6) is 0.781. The lowest BCUT2D eigenvalue weighted by molar-refractivity contribution is -0.134. The van der Waals surface area contributed by atoms with Crippen LogP contribution in [-0.4, -0.2) is 19.2 Å². The summed E-state index contributed by atoms with van der Waals surface area (Å²) in [7, 11) is 0. The van der Waals surface area contributed by atoms with Gasteiger partial charge in [0.05, 0.1) is 0 Å². The van der Waals surface area contributed by atoms with Crippen LogP contribution in [0.3, 0.4) is 0 Å².